The van der Waals surface area contributed by atoms with Gasteiger partial charge in [-0.3, -0.25) is 0 Å². The van der Waals surface area contributed by atoms with Gasteiger partial charge in [-0.05, 0) is 118 Å². The predicted octanol–water partition coefficient (Wildman–Crippen LogP) is 16.3. The lowest BCUT2D eigenvalue weighted by atomic mass is 9.92. The highest BCUT2D eigenvalue weighted by Crippen LogP contribution is 2.49. The van der Waals surface area contributed by atoms with E-state index in [1.807, 2.05) is 17.8 Å². The molecule has 1 aromatic heterocycles. The summed E-state index contributed by atoms with van der Waals surface area (Å²) >= 11 is 1.98. The summed E-state index contributed by atoms with van der Waals surface area (Å²) in [4.78, 5) is 1.39. The number of rotatable bonds is 6. The van der Waals surface area contributed by atoms with Gasteiger partial charge in [0, 0.05) is 27.1 Å². The van der Waals surface area contributed by atoms with Crippen LogP contribution in [0.3, 0.4) is 0 Å². The molecule has 1 nitrogen and oxygen atoms in total. The van der Waals surface area contributed by atoms with Crippen molar-refractivity contribution in [3.8, 4) is 39.2 Å². The van der Waals surface area contributed by atoms with E-state index in [4.69, 9.17) is 0 Å². The molecule has 8 aromatic carbocycles. The molecule has 1 aliphatic heterocycles. The Kier molecular flexibility index (Phi) is 10.5. The molecule has 0 saturated heterocycles. The standard InChI is InChI=1S/C46H35NS.C13H12/c1-30-25-35(20-19-34(30)26-31(2)39-17-10-14-32-11-6-7-15-40(32)39)36-21-22-37-28-43(33-12-4-3-5-13-33)47(44(37)27-36)38-23-24-46-42(29-38)41-16-8-9-18-45(41)48-46;1-11-7-9-13(10-8-11)12-5-3-2-4-6-12/h3-29,41,45H,1-2H3;2-10H,1H3/b31-26+;. The van der Waals surface area contributed by atoms with Crippen LogP contribution in [0.1, 0.15) is 40.7 Å². The van der Waals surface area contributed by atoms with Crippen molar-refractivity contribution in [1.29, 1.82) is 0 Å². The zero-order valence-electron chi connectivity index (χ0n) is 34.8. The summed E-state index contributed by atoms with van der Waals surface area (Å²) in [7, 11) is 0. The summed E-state index contributed by atoms with van der Waals surface area (Å²) in [6, 6.07) is 68.3. The van der Waals surface area contributed by atoms with E-state index in [2.05, 4.69) is 238 Å². The van der Waals surface area contributed by atoms with E-state index < -0.39 is 0 Å². The molecule has 0 N–H and O–H groups in total. The van der Waals surface area contributed by atoms with Gasteiger partial charge in [-0.25, -0.2) is 0 Å². The highest BCUT2D eigenvalue weighted by Gasteiger charge is 2.31. The number of thioether (sulfide) groups is 1. The maximum atomic E-state index is 2.46. The molecule has 2 aliphatic rings. The molecule has 2 heteroatoms. The summed E-state index contributed by atoms with van der Waals surface area (Å²) in [5.74, 6) is 0.423. The average Bonchev–Trinajstić information content (AvgIpc) is 3.89. The molecule has 11 rings (SSSR count). The lowest BCUT2D eigenvalue weighted by molar-refractivity contribution is 0.878. The summed E-state index contributed by atoms with van der Waals surface area (Å²) < 4.78 is 2.46. The van der Waals surface area contributed by atoms with Crippen molar-refractivity contribution in [2.45, 2.75) is 36.8 Å². The second-order valence-corrected chi connectivity index (χ2v) is 17.5. The monoisotopic (exact) mass is 801 g/mol. The fraction of sp³-hybridized carbons (Fsp3) is 0.0847. The van der Waals surface area contributed by atoms with Gasteiger partial charge in [-0.1, -0.05) is 194 Å². The van der Waals surface area contributed by atoms with Gasteiger partial charge in [-0.15, -0.1) is 11.8 Å². The Morgan fingerprint density at radius 1 is 0.541 bits per heavy atom. The Bertz CT molecular complexity index is 3120. The van der Waals surface area contributed by atoms with Crippen molar-refractivity contribution in [3.05, 3.63) is 240 Å². The number of benzene rings is 8. The van der Waals surface area contributed by atoms with Gasteiger partial charge >= 0.3 is 0 Å². The molecule has 2 unspecified atom stereocenters. The number of aromatic nitrogens is 1. The number of hydrogen-bond donors (Lipinski definition) is 0. The van der Waals surface area contributed by atoms with E-state index >= 15 is 0 Å². The van der Waals surface area contributed by atoms with Crippen LogP contribution >= 0.6 is 11.8 Å². The lowest BCUT2D eigenvalue weighted by Gasteiger charge is -2.17. The molecular formula is C59H47NS. The van der Waals surface area contributed by atoms with Gasteiger partial charge in [0.15, 0.2) is 0 Å². The molecule has 0 fully saturated rings. The van der Waals surface area contributed by atoms with Gasteiger partial charge in [0.25, 0.3) is 0 Å². The maximum absolute atomic E-state index is 2.46. The highest BCUT2D eigenvalue weighted by molar-refractivity contribution is 8.00. The molecule has 0 saturated carbocycles. The van der Waals surface area contributed by atoms with E-state index in [1.165, 1.54) is 99.2 Å². The van der Waals surface area contributed by atoms with Crippen molar-refractivity contribution in [3.63, 3.8) is 0 Å². The van der Waals surface area contributed by atoms with Crippen molar-refractivity contribution >= 4 is 45.1 Å². The zero-order chi connectivity index (χ0) is 41.3. The van der Waals surface area contributed by atoms with E-state index in [1.54, 1.807) is 0 Å². The topological polar surface area (TPSA) is 4.93 Å². The molecule has 0 amide bonds. The molecule has 0 radical (unpaired) electrons. The number of fused-ring (bicyclic) bond motifs is 5. The maximum Gasteiger partial charge on any atom is 0.0541 e. The minimum atomic E-state index is 0.423. The third kappa shape index (κ3) is 7.72. The van der Waals surface area contributed by atoms with Crippen LogP contribution in [-0.2, 0) is 0 Å². The van der Waals surface area contributed by atoms with E-state index in [0.29, 0.717) is 11.2 Å². The van der Waals surface area contributed by atoms with Crippen molar-refractivity contribution in [1.82, 2.24) is 4.57 Å². The Labute approximate surface area is 364 Å². The van der Waals surface area contributed by atoms with Crippen LogP contribution in [0.4, 0.5) is 0 Å². The molecular weight excluding hydrogens is 755 g/mol. The van der Waals surface area contributed by atoms with Crippen LogP contribution in [0.5, 0.6) is 0 Å². The SMILES string of the molecule is C/C(=C\c1ccc(-c2ccc3cc(-c4ccccc4)n(-c4ccc5c(c4)C4C=CC=CC4S5)c3c2)cc1C)c1cccc2ccccc12.Cc1ccc(-c2ccccc2)cc1. The highest BCUT2D eigenvalue weighted by atomic mass is 32.2. The van der Waals surface area contributed by atoms with Crippen LogP contribution in [-0.4, -0.2) is 9.82 Å². The lowest BCUT2D eigenvalue weighted by Crippen LogP contribution is -2.07. The van der Waals surface area contributed by atoms with Crippen LogP contribution < -0.4 is 0 Å². The van der Waals surface area contributed by atoms with E-state index in [0.717, 1.165) is 0 Å². The first-order valence-electron chi connectivity index (χ1n) is 21.2. The predicted molar refractivity (Wildman–Crippen MR) is 264 cm³/mol. The smallest absolute Gasteiger partial charge is 0.0541 e. The van der Waals surface area contributed by atoms with Crippen LogP contribution in [0.2, 0.25) is 0 Å². The average molecular weight is 802 g/mol. The third-order valence-electron chi connectivity index (χ3n) is 12.2. The van der Waals surface area contributed by atoms with Crippen LogP contribution in [0, 0.1) is 13.8 Å². The second kappa shape index (κ2) is 16.6. The Hall–Kier alpha value is -6.87. The summed E-state index contributed by atoms with van der Waals surface area (Å²) in [5.41, 5.74) is 17.7. The number of nitrogens with zero attached hydrogens (tertiary/aromatic N) is 1. The first kappa shape index (κ1) is 38.3. The number of aryl methyl sites for hydroxylation is 2. The Balaban J connectivity index is 0.000000293. The molecule has 2 heterocycles. The van der Waals surface area contributed by atoms with Gasteiger partial charge in [0.1, 0.15) is 0 Å². The van der Waals surface area contributed by atoms with Gasteiger partial charge in [0.05, 0.1) is 11.2 Å². The number of allylic oxidation sites excluding steroid dienone is 4. The van der Waals surface area contributed by atoms with Crippen LogP contribution in [0.15, 0.2) is 217 Å². The molecule has 2 atom stereocenters. The zero-order valence-corrected chi connectivity index (χ0v) is 35.6. The fourth-order valence-corrected chi connectivity index (χ4v) is 10.2. The first-order chi connectivity index (χ1) is 30.0. The normalized spacial score (nSPS) is 15.4. The molecule has 294 valence electrons. The molecule has 1 aliphatic carbocycles. The Morgan fingerprint density at radius 2 is 1.21 bits per heavy atom. The molecule has 0 bridgehead atoms. The van der Waals surface area contributed by atoms with Gasteiger partial charge < -0.3 is 4.57 Å². The summed E-state index contributed by atoms with van der Waals surface area (Å²) in [6.07, 6.45) is 11.4. The van der Waals surface area contributed by atoms with Gasteiger partial charge in [0.2, 0.25) is 0 Å². The minimum absolute atomic E-state index is 0.423. The minimum Gasteiger partial charge on any atom is -0.309 e. The van der Waals surface area contributed by atoms with Crippen molar-refractivity contribution in [2.75, 3.05) is 0 Å². The second-order valence-electron chi connectivity index (χ2n) is 16.3. The Morgan fingerprint density at radius 3 is 2.02 bits per heavy atom. The van der Waals surface area contributed by atoms with E-state index in [-0.39, 0.29) is 0 Å². The van der Waals surface area contributed by atoms with Crippen molar-refractivity contribution < 1.29 is 0 Å². The van der Waals surface area contributed by atoms with Crippen LogP contribution in [0.25, 0.3) is 72.5 Å². The fourth-order valence-electron chi connectivity index (χ4n) is 8.92. The number of hydrogen-bond acceptors (Lipinski definition) is 1. The summed E-state index contributed by atoms with van der Waals surface area (Å²) in [6.45, 7) is 6.56. The quantitative estimate of drug-likeness (QED) is 0.152. The molecule has 0 spiro atoms. The van der Waals surface area contributed by atoms with Crippen molar-refractivity contribution in [2.24, 2.45) is 0 Å². The third-order valence-corrected chi connectivity index (χ3v) is 13.5. The summed E-state index contributed by atoms with van der Waals surface area (Å²) in [5, 5.41) is 4.30. The first-order valence-corrected chi connectivity index (χ1v) is 22.1. The van der Waals surface area contributed by atoms with Gasteiger partial charge in [-0.2, -0.15) is 0 Å². The van der Waals surface area contributed by atoms with E-state index in [9.17, 15) is 0 Å². The molecule has 9 aromatic rings. The molecule has 61 heavy (non-hydrogen) atoms. The largest absolute Gasteiger partial charge is 0.309 e.